The van der Waals surface area contributed by atoms with Gasteiger partial charge in [-0.2, -0.15) is 0 Å². The summed E-state index contributed by atoms with van der Waals surface area (Å²) in [5.41, 5.74) is 1.95. The highest BCUT2D eigenvalue weighted by atomic mass is 35.5. The van der Waals surface area contributed by atoms with Crippen LogP contribution < -0.4 is 14.8 Å². The van der Waals surface area contributed by atoms with Crippen molar-refractivity contribution >= 4 is 72.2 Å². The van der Waals surface area contributed by atoms with Crippen LogP contribution in [0.2, 0.25) is 10.0 Å². The zero-order valence-corrected chi connectivity index (χ0v) is 26.7. The fraction of sp³-hybridized carbons (Fsp3) is 0.156. The van der Waals surface area contributed by atoms with E-state index in [-0.39, 0.29) is 34.3 Å². The van der Waals surface area contributed by atoms with Crippen molar-refractivity contribution in [3.63, 3.8) is 0 Å². The molecule has 5 aromatic rings. The van der Waals surface area contributed by atoms with E-state index in [4.69, 9.17) is 37.8 Å². The second-order valence-corrected chi connectivity index (χ2v) is 13.9. The molecule has 1 aromatic heterocycles. The zero-order valence-electron chi connectivity index (χ0n) is 23.5. The highest BCUT2D eigenvalue weighted by Gasteiger charge is 2.18. The molecular weight excluding hydrogens is 659 g/mol. The Morgan fingerprint density at radius 2 is 1.64 bits per heavy atom. The number of fused-ring (bicyclic) bond motifs is 1. The van der Waals surface area contributed by atoms with Gasteiger partial charge in [0, 0.05) is 10.0 Å². The second-order valence-electron chi connectivity index (χ2n) is 9.85. The van der Waals surface area contributed by atoms with E-state index >= 15 is 0 Å². The Morgan fingerprint density at radius 3 is 2.42 bits per heavy atom. The van der Waals surface area contributed by atoms with Crippen LogP contribution in [-0.4, -0.2) is 42.7 Å². The van der Waals surface area contributed by atoms with Gasteiger partial charge in [-0.25, -0.2) is 18.2 Å². The van der Waals surface area contributed by atoms with Crippen molar-refractivity contribution in [1.29, 1.82) is 0 Å². The van der Waals surface area contributed by atoms with E-state index in [1.807, 2.05) is 6.07 Å². The highest BCUT2D eigenvalue weighted by molar-refractivity contribution is 7.91. The van der Waals surface area contributed by atoms with Crippen molar-refractivity contribution in [2.45, 2.75) is 24.3 Å². The molecule has 13 heteroatoms. The average molecular weight is 686 g/mol. The van der Waals surface area contributed by atoms with E-state index in [0.717, 1.165) is 15.8 Å². The van der Waals surface area contributed by atoms with Crippen LogP contribution in [0.25, 0.3) is 10.2 Å². The largest absolute Gasteiger partial charge is 0.486 e. The van der Waals surface area contributed by atoms with E-state index in [2.05, 4.69) is 10.3 Å². The summed E-state index contributed by atoms with van der Waals surface area (Å²) in [6, 6.07) is 23.0. The van der Waals surface area contributed by atoms with Crippen LogP contribution in [-0.2, 0) is 27.7 Å². The van der Waals surface area contributed by atoms with Gasteiger partial charge in [0.25, 0.3) is 5.91 Å². The second kappa shape index (κ2) is 14.3. The van der Waals surface area contributed by atoms with Crippen LogP contribution in [0.5, 0.6) is 11.5 Å². The Balaban J connectivity index is 1.30. The number of carbonyl (C=O) groups excluding carboxylic acids is 1. The minimum atomic E-state index is -3.52. The smallest absolute Gasteiger partial charge is 0.341 e. The first-order valence-corrected chi connectivity index (χ1v) is 16.8. The number of carboxylic acid groups (broad SMARTS) is 1. The normalized spacial score (nSPS) is 11.3. The van der Waals surface area contributed by atoms with Crippen LogP contribution >= 0.6 is 34.5 Å². The van der Waals surface area contributed by atoms with E-state index in [0.29, 0.717) is 33.6 Å². The van der Waals surface area contributed by atoms with Gasteiger partial charge in [-0.15, -0.1) is 11.3 Å². The molecule has 0 radical (unpaired) electrons. The van der Waals surface area contributed by atoms with Gasteiger partial charge in [-0.05, 0) is 85.1 Å². The molecule has 0 spiro atoms. The summed E-state index contributed by atoms with van der Waals surface area (Å²) in [4.78, 5) is 29.4. The summed E-state index contributed by atoms with van der Waals surface area (Å²) in [5.74, 6) is -1.32. The average Bonchev–Trinajstić information content (AvgIpc) is 3.42. The fourth-order valence-corrected chi connectivity index (χ4v) is 6.91. The Morgan fingerprint density at radius 1 is 0.889 bits per heavy atom. The summed E-state index contributed by atoms with van der Waals surface area (Å²) in [7, 11) is -3.52. The van der Waals surface area contributed by atoms with Crippen molar-refractivity contribution in [3.8, 4) is 11.5 Å². The number of anilines is 1. The molecule has 0 aliphatic rings. The van der Waals surface area contributed by atoms with Gasteiger partial charge >= 0.3 is 5.97 Å². The molecule has 0 bridgehead atoms. The van der Waals surface area contributed by atoms with Crippen molar-refractivity contribution in [2.24, 2.45) is 0 Å². The Kier molecular flexibility index (Phi) is 10.2. The van der Waals surface area contributed by atoms with Crippen molar-refractivity contribution < 1.29 is 32.6 Å². The van der Waals surface area contributed by atoms with Gasteiger partial charge < -0.3 is 19.9 Å². The molecule has 0 atom stereocenters. The number of hydrogen-bond donors (Lipinski definition) is 2. The van der Waals surface area contributed by atoms with Crippen LogP contribution in [0, 0.1) is 0 Å². The lowest BCUT2D eigenvalue weighted by Crippen LogP contribution is -2.16. The molecule has 5 rings (SSSR count). The van der Waals surface area contributed by atoms with E-state index < -0.39 is 28.3 Å². The van der Waals surface area contributed by atoms with Gasteiger partial charge in [0.05, 0.1) is 32.1 Å². The van der Waals surface area contributed by atoms with Gasteiger partial charge in [0.1, 0.15) is 23.1 Å². The van der Waals surface area contributed by atoms with E-state index in [9.17, 15) is 18.0 Å². The summed E-state index contributed by atoms with van der Waals surface area (Å²) >= 11 is 13.4. The molecule has 0 saturated carbocycles. The Bertz CT molecular complexity index is 1960. The van der Waals surface area contributed by atoms with Gasteiger partial charge in [-0.1, -0.05) is 41.4 Å². The SMILES string of the molecule is O=C(O)COc1ccc(CCCS(=O)(=O)c2ccc(Cl)cc2)cc1NC(=O)c1ccccc1OCc1nc2cc(Cl)ccc2s1. The number of nitrogens with one attached hydrogen (secondary N) is 1. The maximum Gasteiger partial charge on any atom is 0.341 e. The first-order chi connectivity index (χ1) is 21.6. The summed E-state index contributed by atoms with van der Waals surface area (Å²) in [6.07, 6.45) is 0.685. The predicted molar refractivity (Wildman–Crippen MR) is 175 cm³/mol. The quantitative estimate of drug-likeness (QED) is 0.132. The van der Waals surface area contributed by atoms with Crippen LogP contribution in [0.15, 0.2) is 89.8 Å². The van der Waals surface area contributed by atoms with Crippen molar-refractivity contribution in [2.75, 3.05) is 17.7 Å². The zero-order chi connectivity index (χ0) is 32.0. The number of amides is 1. The number of thiazole rings is 1. The van der Waals surface area contributed by atoms with Gasteiger partial charge in [0.2, 0.25) is 0 Å². The van der Waals surface area contributed by atoms with Gasteiger partial charge in [0.15, 0.2) is 16.4 Å². The first kappa shape index (κ1) is 32.2. The summed E-state index contributed by atoms with van der Waals surface area (Å²) in [6.45, 7) is -0.489. The Labute approximate surface area is 273 Å². The lowest BCUT2D eigenvalue weighted by molar-refractivity contribution is -0.139. The molecule has 45 heavy (non-hydrogen) atoms. The Hall–Kier alpha value is -4.16. The number of para-hydroxylation sites is 1. The molecule has 9 nitrogen and oxygen atoms in total. The van der Waals surface area contributed by atoms with Crippen LogP contribution in [0.1, 0.15) is 27.3 Å². The molecule has 0 aliphatic carbocycles. The number of halogens is 2. The maximum absolute atomic E-state index is 13.5. The number of rotatable bonds is 13. The highest BCUT2D eigenvalue weighted by Crippen LogP contribution is 2.30. The number of benzene rings is 4. The number of aryl methyl sites for hydroxylation is 1. The summed E-state index contributed by atoms with van der Waals surface area (Å²) < 4.78 is 37.9. The molecule has 2 N–H and O–H groups in total. The van der Waals surface area contributed by atoms with Crippen molar-refractivity contribution in [1.82, 2.24) is 4.98 Å². The fourth-order valence-electron chi connectivity index (χ4n) is 4.44. The number of nitrogens with zero attached hydrogens (tertiary/aromatic N) is 1. The number of aromatic nitrogens is 1. The number of sulfone groups is 1. The van der Waals surface area contributed by atoms with E-state index in [1.54, 1.807) is 54.6 Å². The minimum absolute atomic E-state index is 0.0972. The molecule has 0 fully saturated rings. The molecule has 1 heterocycles. The summed E-state index contributed by atoms with van der Waals surface area (Å²) in [5, 5.41) is 13.7. The third kappa shape index (κ3) is 8.52. The first-order valence-electron chi connectivity index (χ1n) is 13.6. The predicted octanol–water partition coefficient (Wildman–Crippen LogP) is 7.30. The lowest BCUT2D eigenvalue weighted by Gasteiger charge is -2.15. The minimum Gasteiger partial charge on any atom is -0.486 e. The molecule has 1 amide bonds. The number of carbonyl (C=O) groups is 2. The topological polar surface area (TPSA) is 132 Å². The molecule has 0 saturated heterocycles. The number of ether oxygens (including phenoxy) is 2. The maximum atomic E-state index is 13.5. The molecule has 0 unspecified atom stereocenters. The van der Waals surface area contributed by atoms with E-state index in [1.165, 1.54) is 35.6 Å². The standard InChI is InChI=1S/C32H26Cl2N2O7S2/c33-21-8-11-23(12-9-21)45(40,41)15-3-4-20-7-13-28(43-19-31(37)38)25(16-20)36-32(39)24-5-1-2-6-27(24)42-18-30-35-26-17-22(34)10-14-29(26)44-30/h1-2,5-14,16-17H,3-4,15,18-19H2,(H,36,39)(H,37,38). The lowest BCUT2D eigenvalue weighted by atomic mass is 10.1. The van der Waals surface area contributed by atoms with Gasteiger partial charge in [-0.3, -0.25) is 4.79 Å². The molecule has 4 aromatic carbocycles. The third-order valence-corrected chi connectivity index (χ3v) is 9.88. The molecule has 232 valence electrons. The number of aliphatic carboxylic acids is 1. The number of hydrogen-bond acceptors (Lipinski definition) is 8. The number of carboxylic acids is 1. The monoisotopic (exact) mass is 684 g/mol. The molecule has 0 aliphatic heterocycles. The van der Waals surface area contributed by atoms with Crippen molar-refractivity contribution in [3.05, 3.63) is 111 Å². The third-order valence-electron chi connectivity index (χ3n) is 6.57. The van der Waals surface area contributed by atoms with Crippen LogP contribution in [0.3, 0.4) is 0 Å². The molecular formula is C32H26Cl2N2O7S2. The van der Waals surface area contributed by atoms with Crippen LogP contribution in [0.4, 0.5) is 5.69 Å².